The Morgan fingerprint density at radius 3 is 2.48 bits per heavy atom. The van der Waals surface area contributed by atoms with Gasteiger partial charge in [-0.25, -0.2) is 4.79 Å². The molecule has 0 heterocycles. The molecule has 1 rings (SSSR count). The maximum absolute atomic E-state index is 11.8. The first-order valence-corrected chi connectivity index (χ1v) is 7.04. The second kappa shape index (κ2) is 6.57. The average Bonchev–Trinajstić information content (AvgIpc) is 2.35. The number of anilines is 1. The quantitative estimate of drug-likeness (QED) is 0.639. The Hall–Kier alpha value is -2.09. The van der Waals surface area contributed by atoms with E-state index in [0.717, 1.165) is 6.07 Å². The van der Waals surface area contributed by atoms with E-state index in [0.29, 0.717) is 0 Å². The Bertz CT molecular complexity index is 580. The zero-order valence-corrected chi connectivity index (χ0v) is 12.7. The van der Waals surface area contributed by atoms with E-state index in [9.17, 15) is 19.7 Å². The lowest BCUT2D eigenvalue weighted by atomic mass is 10.1. The van der Waals surface area contributed by atoms with Crippen LogP contribution in [0.3, 0.4) is 0 Å². The van der Waals surface area contributed by atoms with Crippen LogP contribution in [0.4, 0.5) is 11.4 Å². The lowest BCUT2D eigenvalue weighted by Gasteiger charge is -2.17. The number of amides is 1. The van der Waals surface area contributed by atoms with E-state index in [1.807, 2.05) is 20.8 Å². The molecular formula is C13H16N2O5S. The smallest absolute Gasteiger partial charge is 0.335 e. The van der Waals surface area contributed by atoms with E-state index < -0.39 is 16.6 Å². The number of hydrogen-bond acceptors (Lipinski definition) is 5. The van der Waals surface area contributed by atoms with Gasteiger partial charge in [-0.2, -0.15) is 0 Å². The Balaban J connectivity index is 2.90. The second-order valence-electron chi connectivity index (χ2n) is 5.24. The molecule has 0 unspecified atom stereocenters. The van der Waals surface area contributed by atoms with Crippen molar-refractivity contribution in [1.82, 2.24) is 0 Å². The zero-order valence-electron chi connectivity index (χ0n) is 11.9. The molecule has 8 heteroatoms. The summed E-state index contributed by atoms with van der Waals surface area (Å²) in [4.78, 5) is 32.8. The van der Waals surface area contributed by atoms with E-state index in [2.05, 4.69) is 5.32 Å². The normalized spacial score (nSPS) is 11.0. The van der Waals surface area contributed by atoms with E-state index in [1.165, 1.54) is 23.9 Å². The summed E-state index contributed by atoms with van der Waals surface area (Å²) in [5.74, 6) is -1.48. The van der Waals surface area contributed by atoms with Gasteiger partial charge in [0.05, 0.1) is 16.2 Å². The van der Waals surface area contributed by atoms with Crippen molar-refractivity contribution in [3.8, 4) is 0 Å². The van der Waals surface area contributed by atoms with Gasteiger partial charge in [-0.3, -0.25) is 14.9 Å². The van der Waals surface area contributed by atoms with E-state index in [-0.39, 0.29) is 27.7 Å². The molecule has 1 aromatic carbocycles. The molecule has 0 aliphatic heterocycles. The maximum atomic E-state index is 11.8. The highest BCUT2D eigenvalue weighted by molar-refractivity contribution is 8.01. The standard InChI is InChI=1S/C13H16N2O5S/c1-13(2,3)21-7-11(16)14-9-5-4-8(12(17)18)6-10(9)15(19)20/h4-6H,7H2,1-3H3,(H,14,16)(H,17,18). The molecule has 0 bridgehead atoms. The molecule has 0 spiro atoms. The van der Waals surface area contributed by atoms with Crippen LogP contribution in [0.25, 0.3) is 0 Å². The molecule has 0 radical (unpaired) electrons. The molecule has 0 aliphatic carbocycles. The molecule has 0 aliphatic rings. The van der Waals surface area contributed by atoms with Crippen LogP contribution in [-0.2, 0) is 4.79 Å². The SMILES string of the molecule is CC(C)(C)SCC(=O)Nc1ccc(C(=O)O)cc1[N+](=O)[O-]. The third-order valence-corrected chi connectivity index (χ3v) is 3.62. The Kier molecular flexibility index (Phi) is 5.31. The molecule has 1 amide bonds. The number of nitro groups is 1. The van der Waals surface area contributed by atoms with Crippen LogP contribution < -0.4 is 5.32 Å². The topological polar surface area (TPSA) is 110 Å². The number of thioether (sulfide) groups is 1. The maximum Gasteiger partial charge on any atom is 0.335 e. The Morgan fingerprint density at radius 2 is 2.00 bits per heavy atom. The van der Waals surface area contributed by atoms with Gasteiger partial charge in [0, 0.05) is 10.8 Å². The summed E-state index contributed by atoms with van der Waals surface area (Å²) in [6.07, 6.45) is 0. The molecule has 7 nitrogen and oxygen atoms in total. The van der Waals surface area contributed by atoms with Crippen LogP contribution in [-0.4, -0.2) is 32.4 Å². The summed E-state index contributed by atoms with van der Waals surface area (Å²) >= 11 is 1.41. The van der Waals surface area contributed by atoms with Gasteiger partial charge in [-0.1, -0.05) is 20.8 Å². The van der Waals surface area contributed by atoms with Gasteiger partial charge in [-0.15, -0.1) is 11.8 Å². The fourth-order valence-electron chi connectivity index (χ4n) is 1.39. The first kappa shape index (κ1) is 17.0. The summed E-state index contributed by atoms with van der Waals surface area (Å²) in [5.41, 5.74) is -0.655. The molecular weight excluding hydrogens is 296 g/mol. The van der Waals surface area contributed by atoms with Crippen LogP contribution in [0.1, 0.15) is 31.1 Å². The van der Waals surface area contributed by atoms with Crippen molar-refractivity contribution >= 4 is 35.0 Å². The van der Waals surface area contributed by atoms with Gasteiger partial charge < -0.3 is 10.4 Å². The minimum atomic E-state index is -1.26. The number of carbonyl (C=O) groups excluding carboxylic acids is 1. The highest BCUT2D eigenvalue weighted by Gasteiger charge is 2.20. The summed E-state index contributed by atoms with van der Waals surface area (Å²) in [7, 11) is 0. The van der Waals surface area contributed by atoms with Gasteiger partial charge in [0.1, 0.15) is 5.69 Å². The van der Waals surface area contributed by atoms with Crippen LogP contribution in [0, 0.1) is 10.1 Å². The average molecular weight is 312 g/mol. The van der Waals surface area contributed by atoms with Crippen molar-refractivity contribution in [2.24, 2.45) is 0 Å². The number of aromatic carboxylic acids is 1. The number of benzene rings is 1. The van der Waals surface area contributed by atoms with Crippen LogP contribution in [0.15, 0.2) is 18.2 Å². The third kappa shape index (κ3) is 5.42. The Labute approximate surface area is 125 Å². The lowest BCUT2D eigenvalue weighted by molar-refractivity contribution is -0.384. The van der Waals surface area contributed by atoms with Crippen LogP contribution in [0.2, 0.25) is 0 Å². The fourth-order valence-corrected chi connectivity index (χ4v) is 2.03. The number of nitrogens with one attached hydrogen (secondary N) is 1. The molecule has 1 aromatic rings. The summed E-state index contributed by atoms with van der Waals surface area (Å²) < 4.78 is -0.101. The van der Waals surface area contributed by atoms with Crippen molar-refractivity contribution in [3.63, 3.8) is 0 Å². The van der Waals surface area contributed by atoms with Gasteiger partial charge in [-0.05, 0) is 12.1 Å². The van der Waals surface area contributed by atoms with E-state index >= 15 is 0 Å². The molecule has 0 saturated heterocycles. The number of nitro benzene ring substituents is 1. The highest BCUT2D eigenvalue weighted by atomic mass is 32.2. The van der Waals surface area contributed by atoms with E-state index in [4.69, 9.17) is 5.11 Å². The van der Waals surface area contributed by atoms with Crippen molar-refractivity contribution in [2.45, 2.75) is 25.5 Å². The first-order valence-electron chi connectivity index (χ1n) is 6.05. The van der Waals surface area contributed by atoms with Crippen molar-refractivity contribution in [3.05, 3.63) is 33.9 Å². The zero-order chi connectivity index (χ0) is 16.2. The predicted molar refractivity (Wildman–Crippen MR) is 80.9 cm³/mol. The minimum absolute atomic E-state index is 0.00971. The molecule has 0 atom stereocenters. The number of carboxylic acids is 1. The number of rotatable bonds is 5. The molecule has 0 fully saturated rings. The first-order chi connectivity index (χ1) is 9.60. The number of nitrogens with zero attached hydrogens (tertiary/aromatic N) is 1. The highest BCUT2D eigenvalue weighted by Crippen LogP contribution is 2.27. The van der Waals surface area contributed by atoms with Crippen molar-refractivity contribution in [2.75, 3.05) is 11.1 Å². The van der Waals surface area contributed by atoms with E-state index in [1.54, 1.807) is 0 Å². The van der Waals surface area contributed by atoms with Gasteiger partial charge in [0.2, 0.25) is 5.91 Å². The van der Waals surface area contributed by atoms with Crippen LogP contribution in [0.5, 0.6) is 0 Å². The van der Waals surface area contributed by atoms with Crippen LogP contribution >= 0.6 is 11.8 Å². The largest absolute Gasteiger partial charge is 0.478 e. The molecule has 0 saturated carbocycles. The monoisotopic (exact) mass is 312 g/mol. The molecule has 0 aromatic heterocycles. The third-order valence-electron chi connectivity index (χ3n) is 2.35. The van der Waals surface area contributed by atoms with Crippen molar-refractivity contribution < 1.29 is 19.6 Å². The summed E-state index contributed by atoms with van der Waals surface area (Å²) in [5, 5.41) is 22.2. The van der Waals surface area contributed by atoms with Crippen molar-refractivity contribution in [1.29, 1.82) is 0 Å². The summed E-state index contributed by atoms with van der Waals surface area (Å²) in [6.45, 7) is 5.86. The van der Waals surface area contributed by atoms with Gasteiger partial charge in [0.15, 0.2) is 0 Å². The molecule has 21 heavy (non-hydrogen) atoms. The Morgan fingerprint density at radius 1 is 1.38 bits per heavy atom. The lowest BCUT2D eigenvalue weighted by Crippen LogP contribution is -2.19. The summed E-state index contributed by atoms with van der Waals surface area (Å²) in [6, 6.07) is 3.36. The second-order valence-corrected chi connectivity index (χ2v) is 7.05. The number of carboxylic acid groups (broad SMARTS) is 1. The fraction of sp³-hybridized carbons (Fsp3) is 0.385. The van der Waals surface area contributed by atoms with Gasteiger partial charge in [0.25, 0.3) is 5.69 Å². The molecule has 114 valence electrons. The number of carbonyl (C=O) groups is 2. The van der Waals surface area contributed by atoms with Gasteiger partial charge >= 0.3 is 5.97 Å². The minimum Gasteiger partial charge on any atom is -0.478 e. The number of hydrogen-bond donors (Lipinski definition) is 2. The molecule has 2 N–H and O–H groups in total. The predicted octanol–water partition coefficient (Wildman–Crippen LogP) is 2.76.